The summed E-state index contributed by atoms with van der Waals surface area (Å²) in [6, 6.07) is 14.4. The lowest BCUT2D eigenvalue weighted by Crippen LogP contribution is -2.13. The van der Waals surface area contributed by atoms with E-state index < -0.39 is 0 Å². The number of rotatable bonds is 11. The van der Waals surface area contributed by atoms with E-state index in [0.29, 0.717) is 34.1 Å². The Morgan fingerprint density at radius 2 is 0.967 bits per heavy atom. The predicted octanol–water partition coefficient (Wildman–Crippen LogP) is 6.53. The molecule has 0 atom stereocenters. The van der Waals surface area contributed by atoms with E-state index in [9.17, 15) is 9.59 Å². The highest BCUT2D eigenvalue weighted by Gasteiger charge is 2.10. The predicted molar refractivity (Wildman–Crippen MR) is 133 cm³/mol. The Hall–Kier alpha value is -1.48. The maximum atomic E-state index is 12.1. The van der Waals surface area contributed by atoms with Gasteiger partial charge in [-0.25, -0.2) is 0 Å². The van der Waals surface area contributed by atoms with Crippen LogP contribution in [0.2, 0.25) is 0 Å². The standard InChI is InChI=1S/C22H20Br2O4S2/c23-17-5-1-15(2-6-17)19(25)9-11-21(29)27-13-14-28-22(30)12-10-20(26)16-3-7-18(24)8-4-16/h1-8H,9-14H2. The van der Waals surface area contributed by atoms with Crippen molar-refractivity contribution in [1.82, 2.24) is 0 Å². The highest BCUT2D eigenvalue weighted by molar-refractivity contribution is 9.10. The van der Waals surface area contributed by atoms with Gasteiger partial charge in [-0.1, -0.05) is 56.1 Å². The number of carbonyl (C=O) groups excluding carboxylic acids is 2. The van der Waals surface area contributed by atoms with E-state index in [1.54, 1.807) is 24.3 Å². The Morgan fingerprint density at radius 1 is 0.633 bits per heavy atom. The minimum atomic E-state index is 0.0151. The molecule has 0 N–H and O–H groups in total. The normalized spacial score (nSPS) is 10.3. The molecule has 2 rings (SSSR count). The third-order valence-corrected chi connectivity index (χ3v) is 5.76. The molecule has 158 valence electrons. The highest BCUT2D eigenvalue weighted by Crippen LogP contribution is 2.14. The van der Waals surface area contributed by atoms with Crippen molar-refractivity contribution in [1.29, 1.82) is 0 Å². The van der Waals surface area contributed by atoms with Gasteiger partial charge in [0.05, 0.1) is 0 Å². The summed E-state index contributed by atoms with van der Waals surface area (Å²) in [7, 11) is 0. The Labute approximate surface area is 203 Å². The molecular weight excluding hydrogens is 552 g/mol. The summed E-state index contributed by atoms with van der Waals surface area (Å²) in [6.07, 6.45) is 1.32. The van der Waals surface area contributed by atoms with Gasteiger partial charge in [-0.2, -0.15) is 0 Å². The number of benzene rings is 2. The van der Waals surface area contributed by atoms with E-state index >= 15 is 0 Å². The molecule has 30 heavy (non-hydrogen) atoms. The van der Waals surface area contributed by atoms with Crippen LogP contribution in [0.3, 0.4) is 0 Å². The first kappa shape index (κ1) is 24.8. The molecule has 2 aromatic carbocycles. The summed E-state index contributed by atoms with van der Waals surface area (Å²) in [4.78, 5) is 24.2. The van der Waals surface area contributed by atoms with Gasteiger partial charge < -0.3 is 9.47 Å². The molecule has 2 aromatic rings. The molecule has 4 nitrogen and oxygen atoms in total. The van der Waals surface area contributed by atoms with Crippen molar-refractivity contribution in [2.75, 3.05) is 13.2 Å². The zero-order valence-electron chi connectivity index (χ0n) is 16.1. The molecular formula is C22H20Br2O4S2. The van der Waals surface area contributed by atoms with Crippen LogP contribution in [0.4, 0.5) is 0 Å². The van der Waals surface area contributed by atoms with E-state index in [-0.39, 0.29) is 37.6 Å². The van der Waals surface area contributed by atoms with Crippen LogP contribution in [0.1, 0.15) is 46.4 Å². The van der Waals surface area contributed by atoms with Gasteiger partial charge in [-0.05, 0) is 48.7 Å². The Balaban J connectivity index is 1.57. The Morgan fingerprint density at radius 3 is 1.30 bits per heavy atom. The summed E-state index contributed by atoms with van der Waals surface area (Å²) in [6.45, 7) is 0.484. The second-order valence-electron chi connectivity index (χ2n) is 6.30. The van der Waals surface area contributed by atoms with Crippen LogP contribution in [-0.2, 0) is 9.47 Å². The number of Topliss-reactive ketones (excluding diaryl/α,β-unsaturated/α-hetero) is 2. The molecule has 0 heterocycles. The van der Waals surface area contributed by atoms with E-state index in [2.05, 4.69) is 31.9 Å². The number of hydrogen-bond acceptors (Lipinski definition) is 6. The van der Waals surface area contributed by atoms with Gasteiger partial charge in [0, 0.05) is 45.8 Å². The molecule has 0 radical (unpaired) electrons. The number of carbonyl (C=O) groups is 2. The average molecular weight is 572 g/mol. The number of thiocarbonyl (C=S) groups is 2. The highest BCUT2D eigenvalue weighted by atomic mass is 79.9. The minimum absolute atomic E-state index is 0.0151. The van der Waals surface area contributed by atoms with E-state index in [0.717, 1.165) is 8.95 Å². The van der Waals surface area contributed by atoms with Crippen LogP contribution in [-0.4, -0.2) is 34.9 Å². The van der Waals surface area contributed by atoms with Crippen LogP contribution in [0, 0.1) is 0 Å². The number of ketones is 2. The van der Waals surface area contributed by atoms with Crippen molar-refractivity contribution in [2.45, 2.75) is 25.7 Å². The second kappa shape index (κ2) is 13.0. The van der Waals surface area contributed by atoms with Gasteiger partial charge in [0.1, 0.15) is 13.2 Å². The fraction of sp³-hybridized carbons (Fsp3) is 0.273. The monoisotopic (exact) mass is 570 g/mol. The van der Waals surface area contributed by atoms with E-state index in [1.807, 2.05) is 24.3 Å². The molecule has 0 aliphatic rings. The van der Waals surface area contributed by atoms with Gasteiger partial charge in [-0.15, -0.1) is 0 Å². The molecule has 0 amide bonds. The molecule has 0 aromatic heterocycles. The van der Waals surface area contributed by atoms with Gasteiger partial charge in [0.2, 0.25) is 0 Å². The summed E-state index contributed by atoms with van der Waals surface area (Å²) >= 11 is 17.0. The van der Waals surface area contributed by atoms with Crippen molar-refractivity contribution in [3.05, 3.63) is 68.6 Å². The number of halogens is 2. The first-order valence-corrected chi connectivity index (χ1v) is 11.6. The van der Waals surface area contributed by atoms with Crippen LogP contribution < -0.4 is 0 Å². The van der Waals surface area contributed by atoms with Crippen molar-refractivity contribution in [3.63, 3.8) is 0 Å². The van der Waals surface area contributed by atoms with Gasteiger partial charge in [-0.3, -0.25) is 9.59 Å². The lowest BCUT2D eigenvalue weighted by molar-refractivity contribution is 0.0973. The summed E-state index contributed by atoms with van der Waals surface area (Å²) in [5.41, 5.74) is 1.29. The third-order valence-electron chi connectivity index (χ3n) is 4.05. The van der Waals surface area contributed by atoms with E-state index in [4.69, 9.17) is 33.9 Å². The minimum Gasteiger partial charge on any atom is -0.483 e. The molecule has 0 spiro atoms. The zero-order chi connectivity index (χ0) is 21.9. The first-order valence-electron chi connectivity index (χ1n) is 9.24. The van der Waals surface area contributed by atoms with Crippen molar-refractivity contribution >= 4 is 78.0 Å². The summed E-state index contributed by atoms with van der Waals surface area (Å²) < 4.78 is 12.7. The Bertz CT molecular complexity index is 821. The van der Waals surface area contributed by atoms with Crippen LogP contribution >= 0.6 is 56.3 Å². The number of hydrogen-bond donors (Lipinski definition) is 0. The maximum absolute atomic E-state index is 12.1. The second-order valence-corrected chi connectivity index (χ2v) is 9.04. The molecule has 0 bridgehead atoms. The van der Waals surface area contributed by atoms with Crippen LogP contribution in [0.15, 0.2) is 57.5 Å². The van der Waals surface area contributed by atoms with Gasteiger partial charge >= 0.3 is 0 Å². The van der Waals surface area contributed by atoms with Crippen molar-refractivity contribution < 1.29 is 19.1 Å². The Kier molecular flexibility index (Phi) is 10.8. The zero-order valence-corrected chi connectivity index (χ0v) is 20.9. The van der Waals surface area contributed by atoms with E-state index in [1.165, 1.54) is 0 Å². The van der Waals surface area contributed by atoms with Crippen LogP contribution in [0.25, 0.3) is 0 Å². The molecule has 0 fully saturated rings. The van der Waals surface area contributed by atoms with Crippen molar-refractivity contribution in [2.24, 2.45) is 0 Å². The molecule has 0 unspecified atom stereocenters. The molecule has 8 heteroatoms. The largest absolute Gasteiger partial charge is 0.483 e. The maximum Gasteiger partial charge on any atom is 0.163 e. The fourth-order valence-corrected chi connectivity index (χ4v) is 3.35. The van der Waals surface area contributed by atoms with Gasteiger partial charge in [0.15, 0.2) is 21.7 Å². The van der Waals surface area contributed by atoms with Crippen LogP contribution in [0.5, 0.6) is 0 Å². The fourth-order valence-electron chi connectivity index (χ4n) is 2.45. The smallest absolute Gasteiger partial charge is 0.163 e. The quantitative estimate of drug-likeness (QED) is 0.174. The average Bonchev–Trinajstić information content (AvgIpc) is 2.74. The van der Waals surface area contributed by atoms with Gasteiger partial charge in [0.25, 0.3) is 0 Å². The number of ether oxygens (including phenoxy) is 2. The molecule has 0 aliphatic carbocycles. The van der Waals surface area contributed by atoms with Crippen molar-refractivity contribution in [3.8, 4) is 0 Å². The summed E-state index contributed by atoms with van der Waals surface area (Å²) in [5, 5.41) is 0.723. The molecule has 0 aliphatic heterocycles. The topological polar surface area (TPSA) is 52.6 Å². The lowest BCUT2D eigenvalue weighted by Gasteiger charge is -2.10. The molecule has 0 saturated carbocycles. The third kappa shape index (κ3) is 9.12. The first-order chi connectivity index (χ1) is 14.3. The SMILES string of the molecule is O=C(CCC(=S)OCCOC(=S)CCC(=O)c1ccc(Br)cc1)c1ccc(Br)cc1. The summed E-state index contributed by atoms with van der Waals surface area (Å²) in [5.74, 6) is 0.0302. The lowest BCUT2D eigenvalue weighted by atomic mass is 10.1. The molecule has 0 saturated heterocycles.